The Hall–Kier alpha value is -1.63. The van der Waals surface area contributed by atoms with E-state index in [4.69, 9.17) is 16.7 Å². The third-order valence-corrected chi connectivity index (χ3v) is 4.29. The summed E-state index contributed by atoms with van der Waals surface area (Å²) in [4.78, 5) is 9.51. The molecule has 2 heterocycles. The predicted molar refractivity (Wildman–Crippen MR) is 85.9 cm³/mol. The Morgan fingerprint density at radius 3 is 3.00 bits per heavy atom. The maximum atomic E-state index is 8.90. The van der Waals surface area contributed by atoms with Crippen LogP contribution in [0.5, 0.6) is 0 Å². The van der Waals surface area contributed by atoms with Crippen LogP contribution in [0.15, 0.2) is 30.7 Å². The molecule has 0 radical (unpaired) electrons. The number of rotatable bonds is 6. The highest BCUT2D eigenvalue weighted by Crippen LogP contribution is 2.21. The molecule has 0 unspecified atom stereocenters. The SMILES string of the molecule is OCCCn1cnc2cc(NCc3cnc(Cl)s3)ccc21. The first-order chi connectivity index (χ1) is 10.3. The molecule has 2 N–H and O–H groups in total. The van der Waals surface area contributed by atoms with Gasteiger partial charge in [0.05, 0.1) is 23.9 Å². The molecular formula is C14H15ClN4OS. The lowest BCUT2D eigenvalue weighted by atomic mass is 10.2. The highest BCUT2D eigenvalue weighted by atomic mass is 35.5. The lowest BCUT2D eigenvalue weighted by molar-refractivity contribution is 0.280. The summed E-state index contributed by atoms with van der Waals surface area (Å²) in [6.07, 6.45) is 4.33. The number of benzene rings is 1. The number of aliphatic hydroxyl groups is 1. The highest BCUT2D eigenvalue weighted by molar-refractivity contribution is 7.15. The van der Waals surface area contributed by atoms with E-state index in [9.17, 15) is 0 Å². The number of hydrogen-bond acceptors (Lipinski definition) is 5. The Morgan fingerprint density at radius 2 is 2.24 bits per heavy atom. The van der Waals surface area contributed by atoms with Crippen molar-refractivity contribution in [1.29, 1.82) is 0 Å². The first-order valence-corrected chi connectivity index (χ1v) is 7.85. The molecule has 5 nitrogen and oxygen atoms in total. The molecule has 3 rings (SSSR count). The molecule has 0 atom stereocenters. The van der Waals surface area contributed by atoms with Crippen LogP contribution >= 0.6 is 22.9 Å². The fourth-order valence-electron chi connectivity index (χ4n) is 2.15. The summed E-state index contributed by atoms with van der Waals surface area (Å²) in [5, 5.41) is 12.2. The molecule has 21 heavy (non-hydrogen) atoms. The van der Waals surface area contributed by atoms with Crippen molar-refractivity contribution in [2.75, 3.05) is 11.9 Å². The van der Waals surface area contributed by atoms with E-state index in [0.717, 1.165) is 34.6 Å². The number of fused-ring (bicyclic) bond motifs is 1. The number of aromatic nitrogens is 3. The second-order valence-electron chi connectivity index (χ2n) is 4.65. The Morgan fingerprint density at radius 1 is 1.33 bits per heavy atom. The molecular weight excluding hydrogens is 308 g/mol. The van der Waals surface area contributed by atoms with Gasteiger partial charge in [0.1, 0.15) is 0 Å². The van der Waals surface area contributed by atoms with Crippen LogP contribution in [0.4, 0.5) is 5.69 Å². The zero-order valence-electron chi connectivity index (χ0n) is 11.3. The smallest absolute Gasteiger partial charge is 0.183 e. The van der Waals surface area contributed by atoms with Gasteiger partial charge < -0.3 is 15.0 Å². The minimum absolute atomic E-state index is 0.191. The Bertz CT molecular complexity index is 739. The average Bonchev–Trinajstić information content (AvgIpc) is 3.09. The third kappa shape index (κ3) is 3.34. The van der Waals surface area contributed by atoms with E-state index in [1.165, 1.54) is 11.3 Å². The molecule has 0 amide bonds. The molecule has 0 aliphatic carbocycles. The van der Waals surface area contributed by atoms with Gasteiger partial charge in [0.25, 0.3) is 0 Å². The first-order valence-electron chi connectivity index (χ1n) is 6.66. The molecule has 0 aliphatic heterocycles. The summed E-state index contributed by atoms with van der Waals surface area (Å²) < 4.78 is 2.61. The minimum Gasteiger partial charge on any atom is -0.396 e. The summed E-state index contributed by atoms with van der Waals surface area (Å²) in [7, 11) is 0. The molecule has 2 aromatic heterocycles. The van der Waals surface area contributed by atoms with Crippen molar-refractivity contribution in [1.82, 2.24) is 14.5 Å². The number of aryl methyl sites for hydroxylation is 1. The van der Waals surface area contributed by atoms with Crippen LogP contribution in [-0.2, 0) is 13.1 Å². The van der Waals surface area contributed by atoms with Crippen LogP contribution in [0.25, 0.3) is 11.0 Å². The van der Waals surface area contributed by atoms with Gasteiger partial charge in [-0.15, -0.1) is 11.3 Å². The number of hydrogen-bond donors (Lipinski definition) is 2. The number of imidazole rings is 1. The summed E-state index contributed by atoms with van der Waals surface area (Å²) in [6.45, 7) is 1.66. The van der Waals surface area contributed by atoms with Crippen LogP contribution in [0, 0.1) is 0 Å². The molecule has 110 valence electrons. The number of halogens is 1. The molecule has 0 bridgehead atoms. The second kappa shape index (κ2) is 6.43. The lowest BCUT2D eigenvalue weighted by Crippen LogP contribution is -1.99. The highest BCUT2D eigenvalue weighted by Gasteiger charge is 2.04. The van der Waals surface area contributed by atoms with Gasteiger partial charge in [0.2, 0.25) is 0 Å². The zero-order valence-corrected chi connectivity index (χ0v) is 12.9. The van der Waals surface area contributed by atoms with E-state index >= 15 is 0 Å². The molecule has 1 aromatic carbocycles. The number of anilines is 1. The van der Waals surface area contributed by atoms with Gasteiger partial charge in [-0.25, -0.2) is 9.97 Å². The van der Waals surface area contributed by atoms with E-state index in [0.29, 0.717) is 11.0 Å². The van der Waals surface area contributed by atoms with Crippen molar-refractivity contribution >= 4 is 39.7 Å². The van der Waals surface area contributed by atoms with Crippen LogP contribution in [-0.4, -0.2) is 26.2 Å². The predicted octanol–water partition coefficient (Wildman–Crippen LogP) is 3.14. The number of nitrogens with one attached hydrogen (secondary N) is 1. The average molecular weight is 323 g/mol. The second-order valence-corrected chi connectivity index (χ2v) is 6.35. The van der Waals surface area contributed by atoms with Crippen molar-refractivity contribution in [2.45, 2.75) is 19.5 Å². The maximum Gasteiger partial charge on any atom is 0.183 e. The number of nitrogens with zero attached hydrogens (tertiary/aromatic N) is 3. The largest absolute Gasteiger partial charge is 0.396 e. The van der Waals surface area contributed by atoms with Gasteiger partial charge in [0, 0.05) is 29.9 Å². The van der Waals surface area contributed by atoms with Gasteiger partial charge >= 0.3 is 0 Å². The molecule has 0 saturated carbocycles. The van der Waals surface area contributed by atoms with E-state index in [-0.39, 0.29) is 6.61 Å². The fourth-order valence-corrected chi connectivity index (χ4v) is 3.07. The van der Waals surface area contributed by atoms with Gasteiger partial charge in [-0.05, 0) is 24.6 Å². The topological polar surface area (TPSA) is 63.0 Å². The van der Waals surface area contributed by atoms with Gasteiger partial charge in [-0.1, -0.05) is 11.6 Å². The number of thiazole rings is 1. The minimum atomic E-state index is 0.191. The van der Waals surface area contributed by atoms with Crippen LogP contribution in [0.1, 0.15) is 11.3 Å². The van der Waals surface area contributed by atoms with E-state index < -0.39 is 0 Å². The quantitative estimate of drug-likeness (QED) is 0.732. The molecule has 7 heteroatoms. The fraction of sp³-hybridized carbons (Fsp3) is 0.286. The van der Waals surface area contributed by atoms with Crippen molar-refractivity contribution in [2.24, 2.45) is 0 Å². The van der Waals surface area contributed by atoms with E-state index in [1.54, 1.807) is 6.20 Å². The lowest BCUT2D eigenvalue weighted by Gasteiger charge is -2.06. The van der Waals surface area contributed by atoms with Gasteiger partial charge in [0.15, 0.2) is 4.47 Å². The molecule has 0 fully saturated rings. The molecule has 0 saturated heterocycles. The monoisotopic (exact) mass is 322 g/mol. The first kappa shape index (κ1) is 14.3. The zero-order chi connectivity index (χ0) is 14.7. The summed E-state index contributed by atoms with van der Waals surface area (Å²) in [6, 6.07) is 6.09. The normalized spacial score (nSPS) is 11.1. The maximum absolute atomic E-state index is 8.90. The van der Waals surface area contributed by atoms with Crippen LogP contribution in [0.3, 0.4) is 0 Å². The van der Waals surface area contributed by atoms with E-state index in [1.807, 2.05) is 24.5 Å². The van der Waals surface area contributed by atoms with Crippen LogP contribution < -0.4 is 5.32 Å². The van der Waals surface area contributed by atoms with Crippen molar-refractivity contribution < 1.29 is 5.11 Å². The molecule has 0 aliphatic rings. The van der Waals surface area contributed by atoms with Crippen molar-refractivity contribution in [3.63, 3.8) is 0 Å². The summed E-state index contributed by atoms with van der Waals surface area (Å²) >= 11 is 7.29. The summed E-state index contributed by atoms with van der Waals surface area (Å²) in [5.41, 5.74) is 3.04. The molecule has 3 aromatic rings. The Labute approximate surface area is 131 Å². The van der Waals surface area contributed by atoms with Crippen LogP contribution in [0.2, 0.25) is 4.47 Å². The van der Waals surface area contributed by atoms with Crippen molar-refractivity contribution in [3.05, 3.63) is 40.1 Å². The standard InChI is InChI=1S/C14H15ClN4OS/c15-14-17-8-11(21-14)7-16-10-2-3-13-12(6-10)18-9-19(13)4-1-5-20/h2-3,6,8-9,16,20H,1,4-5,7H2. The Balaban J connectivity index is 1.72. The number of aliphatic hydroxyl groups excluding tert-OH is 1. The van der Waals surface area contributed by atoms with Gasteiger partial charge in [-0.3, -0.25) is 0 Å². The van der Waals surface area contributed by atoms with Crippen molar-refractivity contribution in [3.8, 4) is 0 Å². The van der Waals surface area contributed by atoms with Gasteiger partial charge in [-0.2, -0.15) is 0 Å². The van der Waals surface area contributed by atoms with E-state index in [2.05, 4.69) is 19.9 Å². The third-order valence-electron chi connectivity index (χ3n) is 3.17. The molecule has 0 spiro atoms. The Kier molecular flexibility index (Phi) is 4.38. The summed E-state index contributed by atoms with van der Waals surface area (Å²) in [5.74, 6) is 0.